The van der Waals surface area contributed by atoms with Gasteiger partial charge in [0.1, 0.15) is 24.3 Å². The van der Waals surface area contributed by atoms with E-state index in [1.807, 2.05) is 0 Å². The normalized spacial score (nSPS) is 11.9. The van der Waals surface area contributed by atoms with Crippen molar-refractivity contribution in [1.29, 1.82) is 0 Å². The third-order valence-corrected chi connectivity index (χ3v) is 6.52. The number of hydrogen-bond donors (Lipinski definition) is 2. The van der Waals surface area contributed by atoms with E-state index in [1.165, 1.54) is 35.2 Å². The Morgan fingerprint density at radius 1 is 1.00 bits per heavy atom. The Balaban J connectivity index is 1.21. The summed E-state index contributed by atoms with van der Waals surface area (Å²) in [4.78, 5) is 37.5. The lowest BCUT2D eigenvalue weighted by molar-refractivity contribution is -0.274. The maximum atomic E-state index is 14.7. The number of nitrogens with zero attached hydrogens (tertiary/aromatic N) is 4. The number of halogens is 4. The molecule has 2 aromatic carbocycles. The molecule has 0 bridgehead atoms. The molecule has 0 fully saturated rings. The first-order valence-corrected chi connectivity index (χ1v) is 14.4. The molecule has 1 atom stereocenters. The number of carbonyl (C=O) groups excluding carboxylic acids is 2. The quantitative estimate of drug-likeness (QED) is 0.136. The molecule has 2 amide bonds. The molecule has 47 heavy (non-hydrogen) atoms. The largest absolute Gasteiger partial charge is 0.573 e. The highest BCUT2D eigenvalue weighted by Gasteiger charge is 2.31. The molecule has 250 valence electrons. The van der Waals surface area contributed by atoms with Gasteiger partial charge in [0.15, 0.2) is 5.69 Å². The van der Waals surface area contributed by atoms with Crippen LogP contribution in [0.5, 0.6) is 11.5 Å². The lowest BCUT2D eigenvalue weighted by Gasteiger charge is -2.11. The zero-order chi connectivity index (χ0) is 33.8. The molecule has 4 aromatic rings. The molecule has 4 rings (SSSR count). The molecule has 16 heteroatoms. The maximum absolute atomic E-state index is 14.7. The summed E-state index contributed by atoms with van der Waals surface area (Å²) in [5.41, 5.74) is 0.837. The first-order valence-electron chi connectivity index (χ1n) is 14.4. The summed E-state index contributed by atoms with van der Waals surface area (Å²) >= 11 is 0. The number of methoxy groups -OCH3 is 1. The van der Waals surface area contributed by atoms with Gasteiger partial charge in [-0.3, -0.25) is 14.4 Å². The highest BCUT2D eigenvalue weighted by molar-refractivity contribution is 5.92. The van der Waals surface area contributed by atoms with E-state index in [2.05, 4.69) is 25.7 Å². The SMILES string of the molecule is COCCOc1cccc(CC(=O)Nc2ccn(CCC(F)Cn3cc(C(=O)NCc4cccc(OC(F)(F)F)c4)nn3)c(=O)c2)c1. The fourth-order valence-corrected chi connectivity index (χ4v) is 4.34. The maximum Gasteiger partial charge on any atom is 0.573 e. The van der Waals surface area contributed by atoms with Crippen LogP contribution in [-0.2, 0) is 35.6 Å². The molecule has 0 aliphatic heterocycles. The molecular weight excluding hydrogens is 628 g/mol. The van der Waals surface area contributed by atoms with Crippen molar-refractivity contribution in [3.05, 3.63) is 100 Å². The summed E-state index contributed by atoms with van der Waals surface area (Å²) in [6.45, 7) is 0.510. The van der Waals surface area contributed by atoms with Gasteiger partial charge in [-0.1, -0.05) is 29.5 Å². The third-order valence-electron chi connectivity index (χ3n) is 6.52. The number of pyridine rings is 1. The Labute approximate surface area is 266 Å². The van der Waals surface area contributed by atoms with E-state index in [-0.39, 0.29) is 44.1 Å². The zero-order valence-corrected chi connectivity index (χ0v) is 25.2. The average Bonchev–Trinajstić information content (AvgIpc) is 3.47. The summed E-state index contributed by atoms with van der Waals surface area (Å²) < 4.78 is 68.9. The van der Waals surface area contributed by atoms with Crippen molar-refractivity contribution in [2.45, 2.75) is 45.0 Å². The fourth-order valence-electron chi connectivity index (χ4n) is 4.34. The summed E-state index contributed by atoms with van der Waals surface area (Å²) in [7, 11) is 1.57. The molecule has 0 radical (unpaired) electrons. The van der Waals surface area contributed by atoms with Gasteiger partial charge in [-0.15, -0.1) is 18.3 Å². The molecule has 2 N–H and O–H groups in total. The molecule has 2 heterocycles. The first-order chi connectivity index (χ1) is 22.5. The third kappa shape index (κ3) is 11.6. The van der Waals surface area contributed by atoms with E-state index in [1.54, 1.807) is 37.4 Å². The van der Waals surface area contributed by atoms with E-state index < -0.39 is 29.7 Å². The molecule has 0 saturated carbocycles. The van der Waals surface area contributed by atoms with Crippen LogP contribution in [0.25, 0.3) is 0 Å². The summed E-state index contributed by atoms with van der Waals surface area (Å²) in [6.07, 6.45) is -3.58. The van der Waals surface area contributed by atoms with Gasteiger partial charge in [0.05, 0.1) is 25.8 Å². The van der Waals surface area contributed by atoms with Gasteiger partial charge in [-0.25, -0.2) is 9.07 Å². The van der Waals surface area contributed by atoms with E-state index in [4.69, 9.17) is 9.47 Å². The Morgan fingerprint density at radius 2 is 1.74 bits per heavy atom. The van der Waals surface area contributed by atoms with Crippen LogP contribution in [-0.4, -0.2) is 64.2 Å². The van der Waals surface area contributed by atoms with Crippen molar-refractivity contribution in [3.8, 4) is 11.5 Å². The number of rotatable bonds is 16. The summed E-state index contributed by atoms with van der Waals surface area (Å²) in [5, 5.41) is 12.7. The van der Waals surface area contributed by atoms with Crippen molar-refractivity contribution in [2.75, 3.05) is 25.6 Å². The van der Waals surface area contributed by atoms with Crippen LogP contribution in [0.4, 0.5) is 23.2 Å². The number of nitrogens with one attached hydrogen (secondary N) is 2. The first kappa shape index (κ1) is 34.6. The lowest BCUT2D eigenvalue weighted by Crippen LogP contribution is -2.24. The van der Waals surface area contributed by atoms with Crippen molar-refractivity contribution in [2.24, 2.45) is 0 Å². The minimum Gasteiger partial charge on any atom is -0.491 e. The van der Waals surface area contributed by atoms with Gasteiger partial charge >= 0.3 is 6.36 Å². The standard InChI is InChI=1S/C31H32F4N6O6/c1-45-12-13-46-25-6-2-4-21(14-25)16-28(42)37-24-9-11-40(29(43)17-24)10-8-23(32)19-41-20-27(38-39-41)30(44)36-18-22-5-3-7-26(15-22)47-31(33,34)35/h2-7,9,11,14-15,17,20,23H,8,10,12-13,16,18-19H2,1H3,(H,36,44)(H,37,42). The number of ether oxygens (including phenoxy) is 3. The van der Waals surface area contributed by atoms with Crippen molar-refractivity contribution >= 4 is 17.5 Å². The molecule has 0 saturated heterocycles. The average molecular weight is 661 g/mol. The number of hydrogen-bond acceptors (Lipinski definition) is 8. The molecule has 0 aliphatic carbocycles. The van der Waals surface area contributed by atoms with Crippen LogP contribution in [0.1, 0.15) is 28.0 Å². The van der Waals surface area contributed by atoms with Crippen LogP contribution >= 0.6 is 0 Å². The fraction of sp³-hybridized carbons (Fsp3) is 0.323. The number of amides is 2. The molecule has 2 aromatic heterocycles. The van der Waals surface area contributed by atoms with Gasteiger partial charge in [-0.2, -0.15) is 0 Å². The van der Waals surface area contributed by atoms with Crippen molar-refractivity contribution in [3.63, 3.8) is 0 Å². The second-order valence-corrected chi connectivity index (χ2v) is 10.3. The number of carbonyl (C=O) groups is 2. The predicted octanol–water partition coefficient (Wildman–Crippen LogP) is 3.90. The van der Waals surface area contributed by atoms with Crippen LogP contribution in [0.2, 0.25) is 0 Å². The van der Waals surface area contributed by atoms with Crippen molar-refractivity contribution < 1.29 is 41.4 Å². The topological polar surface area (TPSA) is 139 Å². The Kier molecular flexibility index (Phi) is 12.0. The van der Waals surface area contributed by atoms with E-state index in [0.29, 0.717) is 30.2 Å². The number of aromatic nitrogens is 4. The van der Waals surface area contributed by atoms with Gasteiger partial charge in [0.2, 0.25) is 5.91 Å². The van der Waals surface area contributed by atoms with Crippen LogP contribution in [0.3, 0.4) is 0 Å². The Bertz CT molecular complexity index is 1710. The Morgan fingerprint density at radius 3 is 2.49 bits per heavy atom. The second kappa shape index (κ2) is 16.4. The molecule has 1 unspecified atom stereocenters. The number of aryl methyl sites for hydroxylation is 1. The number of benzene rings is 2. The zero-order valence-electron chi connectivity index (χ0n) is 25.2. The van der Waals surface area contributed by atoms with E-state index in [0.717, 1.165) is 22.4 Å². The highest BCUT2D eigenvalue weighted by atomic mass is 19.4. The van der Waals surface area contributed by atoms with Gasteiger partial charge in [0.25, 0.3) is 11.5 Å². The van der Waals surface area contributed by atoms with Gasteiger partial charge in [-0.05, 0) is 47.9 Å². The number of anilines is 1. The minimum atomic E-state index is -4.84. The lowest BCUT2D eigenvalue weighted by atomic mass is 10.1. The smallest absolute Gasteiger partial charge is 0.491 e. The van der Waals surface area contributed by atoms with Crippen LogP contribution < -0.4 is 25.7 Å². The van der Waals surface area contributed by atoms with Gasteiger partial charge < -0.3 is 29.4 Å². The van der Waals surface area contributed by atoms with Gasteiger partial charge in [0, 0.05) is 38.1 Å². The van der Waals surface area contributed by atoms with E-state index >= 15 is 0 Å². The van der Waals surface area contributed by atoms with E-state index in [9.17, 15) is 31.9 Å². The van der Waals surface area contributed by atoms with Crippen LogP contribution in [0.15, 0.2) is 77.9 Å². The summed E-state index contributed by atoms with van der Waals surface area (Å²) in [5.74, 6) is -0.802. The second-order valence-electron chi connectivity index (χ2n) is 10.3. The molecule has 12 nitrogen and oxygen atoms in total. The predicted molar refractivity (Wildman–Crippen MR) is 161 cm³/mol. The minimum absolute atomic E-state index is 0.0449. The highest BCUT2D eigenvalue weighted by Crippen LogP contribution is 2.23. The van der Waals surface area contributed by atoms with Crippen molar-refractivity contribution in [1.82, 2.24) is 24.9 Å². The monoisotopic (exact) mass is 660 g/mol. The van der Waals surface area contributed by atoms with Crippen LogP contribution in [0, 0.1) is 0 Å². The molecule has 0 spiro atoms. The molecule has 0 aliphatic rings. The molecular formula is C31H32F4N6O6. The summed E-state index contributed by atoms with van der Waals surface area (Å²) in [6, 6.07) is 15.0. The number of alkyl halides is 4. The Hall–Kier alpha value is -5.25.